The van der Waals surface area contributed by atoms with Gasteiger partial charge >= 0.3 is 0 Å². The summed E-state index contributed by atoms with van der Waals surface area (Å²) in [5, 5.41) is 1.18. The fourth-order valence-corrected chi connectivity index (χ4v) is 2.22. The molecule has 3 rings (SSSR count). The van der Waals surface area contributed by atoms with Crippen molar-refractivity contribution < 1.29 is 9.13 Å². The van der Waals surface area contributed by atoms with Gasteiger partial charge in [0.15, 0.2) is 5.82 Å². The summed E-state index contributed by atoms with van der Waals surface area (Å²) in [7, 11) is 1.47. The van der Waals surface area contributed by atoms with Crippen LogP contribution >= 0.6 is 11.6 Å². The summed E-state index contributed by atoms with van der Waals surface area (Å²) in [5.41, 5.74) is 6.78. The SMILES string of the molecule is COc1ccc(-c2nc(N)c3cc(Cl)ccc3n2)c(F)c1. The summed E-state index contributed by atoms with van der Waals surface area (Å²) in [5.74, 6) is 0.439. The third-order valence-corrected chi connectivity index (χ3v) is 3.34. The lowest BCUT2D eigenvalue weighted by Gasteiger charge is -2.08. The van der Waals surface area contributed by atoms with Gasteiger partial charge in [-0.3, -0.25) is 0 Å². The Labute approximate surface area is 125 Å². The van der Waals surface area contributed by atoms with E-state index in [1.807, 2.05) is 0 Å². The highest BCUT2D eigenvalue weighted by molar-refractivity contribution is 6.31. The summed E-state index contributed by atoms with van der Waals surface area (Å²) >= 11 is 5.92. The fourth-order valence-electron chi connectivity index (χ4n) is 2.05. The van der Waals surface area contributed by atoms with E-state index in [1.165, 1.54) is 13.2 Å². The monoisotopic (exact) mass is 303 g/mol. The Morgan fingerprint density at radius 1 is 1.14 bits per heavy atom. The molecule has 4 nitrogen and oxygen atoms in total. The van der Waals surface area contributed by atoms with E-state index in [2.05, 4.69) is 9.97 Å². The molecular weight excluding hydrogens is 293 g/mol. The standard InChI is InChI=1S/C15H11ClFN3O/c1-21-9-3-4-10(12(17)7-9)15-19-13-5-2-8(16)6-11(13)14(18)20-15/h2-7H,1H3,(H2,18,19,20). The minimum Gasteiger partial charge on any atom is -0.497 e. The summed E-state index contributed by atoms with van der Waals surface area (Å²) in [4.78, 5) is 8.49. The normalized spacial score (nSPS) is 10.8. The van der Waals surface area contributed by atoms with Crippen molar-refractivity contribution >= 4 is 28.3 Å². The van der Waals surface area contributed by atoms with Gasteiger partial charge in [-0.15, -0.1) is 0 Å². The molecule has 106 valence electrons. The highest BCUT2D eigenvalue weighted by Gasteiger charge is 2.12. The van der Waals surface area contributed by atoms with Gasteiger partial charge in [0.2, 0.25) is 0 Å². The molecule has 0 radical (unpaired) electrons. The summed E-state index contributed by atoms with van der Waals surface area (Å²) in [6.45, 7) is 0. The van der Waals surface area contributed by atoms with Crippen molar-refractivity contribution in [2.75, 3.05) is 12.8 Å². The van der Waals surface area contributed by atoms with Crippen molar-refractivity contribution in [2.24, 2.45) is 0 Å². The number of anilines is 1. The number of nitrogens with two attached hydrogens (primary N) is 1. The van der Waals surface area contributed by atoms with Crippen LogP contribution in [0.4, 0.5) is 10.2 Å². The predicted octanol–water partition coefficient (Wildman–Crippen LogP) is 3.68. The molecule has 6 heteroatoms. The van der Waals surface area contributed by atoms with Gasteiger partial charge in [0.25, 0.3) is 0 Å². The van der Waals surface area contributed by atoms with Crippen molar-refractivity contribution in [2.45, 2.75) is 0 Å². The van der Waals surface area contributed by atoms with Gasteiger partial charge in [0.05, 0.1) is 18.2 Å². The number of nitrogens with zero attached hydrogens (tertiary/aromatic N) is 2. The van der Waals surface area contributed by atoms with Gasteiger partial charge in [-0.1, -0.05) is 11.6 Å². The highest BCUT2D eigenvalue weighted by Crippen LogP contribution is 2.28. The number of fused-ring (bicyclic) bond motifs is 1. The Balaban J connectivity index is 2.19. The van der Waals surface area contributed by atoms with Crippen LogP contribution in [0.15, 0.2) is 36.4 Å². The number of methoxy groups -OCH3 is 1. The molecular formula is C15H11ClFN3O. The average molecular weight is 304 g/mol. The zero-order valence-electron chi connectivity index (χ0n) is 11.1. The lowest BCUT2D eigenvalue weighted by Crippen LogP contribution is -1.99. The maximum absolute atomic E-state index is 14.1. The van der Waals surface area contributed by atoms with E-state index in [9.17, 15) is 4.39 Å². The van der Waals surface area contributed by atoms with E-state index in [-0.39, 0.29) is 17.2 Å². The molecule has 21 heavy (non-hydrogen) atoms. The van der Waals surface area contributed by atoms with Gasteiger partial charge in [-0.2, -0.15) is 0 Å². The minimum absolute atomic E-state index is 0.225. The summed E-state index contributed by atoms with van der Waals surface area (Å²) < 4.78 is 19.1. The van der Waals surface area contributed by atoms with E-state index in [4.69, 9.17) is 22.1 Å². The molecule has 3 aromatic rings. The summed E-state index contributed by atoms with van der Waals surface area (Å²) in [6.07, 6.45) is 0. The number of rotatable bonds is 2. The van der Waals surface area contributed by atoms with Crippen LogP contribution < -0.4 is 10.5 Å². The Morgan fingerprint density at radius 3 is 2.67 bits per heavy atom. The first-order chi connectivity index (χ1) is 10.1. The molecule has 0 aliphatic heterocycles. The Morgan fingerprint density at radius 2 is 1.95 bits per heavy atom. The Kier molecular flexibility index (Phi) is 3.35. The molecule has 0 atom stereocenters. The third kappa shape index (κ3) is 2.48. The van der Waals surface area contributed by atoms with Gasteiger partial charge < -0.3 is 10.5 Å². The van der Waals surface area contributed by atoms with Crippen molar-refractivity contribution in [1.82, 2.24) is 9.97 Å². The van der Waals surface area contributed by atoms with Crippen LogP contribution in [0.5, 0.6) is 5.75 Å². The van der Waals surface area contributed by atoms with Crippen LogP contribution in [0.3, 0.4) is 0 Å². The topological polar surface area (TPSA) is 61.0 Å². The smallest absolute Gasteiger partial charge is 0.165 e. The molecule has 2 N–H and O–H groups in total. The second-order valence-corrected chi connectivity index (χ2v) is 4.88. The van der Waals surface area contributed by atoms with Crippen LogP contribution in [0.25, 0.3) is 22.3 Å². The number of ether oxygens (including phenoxy) is 1. The second-order valence-electron chi connectivity index (χ2n) is 4.44. The molecule has 0 bridgehead atoms. The molecule has 0 fully saturated rings. The van der Waals surface area contributed by atoms with Crippen LogP contribution in [-0.4, -0.2) is 17.1 Å². The molecule has 2 aromatic carbocycles. The van der Waals surface area contributed by atoms with Crippen LogP contribution in [0.2, 0.25) is 5.02 Å². The predicted molar refractivity (Wildman–Crippen MR) is 80.9 cm³/mol. The van der Waals surface area contributed by atoms with E-state index in [0.29, 0.717) is 21.7 Å². The number of nitrogen functional groups attached to an aromatic ring is 1. The molecule has 0 spiro atoms. The minimum atomic E-state index is -0.470. The zero-order valence-corrected chi connectivity index (χ0v) is 11.9. The molecule has 1 heterocycles. The molecule has 1 aromatic heterocycles. The maximum atomic E-state index is 14.1. The lowest BCUT2D eigenvalue weighted by molar-refractivity contribution is 0.411. The largest absolute Gasteiger partial charge is 0.497 e. The highest BCUT2D eigenvalue weighted by atomic mass is 35.5. The molecule has 0 aliphatic carbocycles. The Hall–Kier alpha value is -2.40. The van der Waals surface area contributed by atoms with Gasteiger partial charge in [0, 0.05) is 16.5 Å². The second kappa shape index (κ2) is 5.18. The van der Waals surface area contributed by atoms with Gasteiger partial charge in [-0.05, 0) is 30.3 Å². The number of halogens is 2. The third-order valence-electron chi connectivity index (χ3n) is 3.10. The average Bonchev–Trinajstić information content (AvgIpc) is 2.47. The van der Waals surface area contributed by atoms with Crippen LogP contribution in [0, 0.1) is 5.82 Å². The van der Waals surface area contributed by atoms with E-state index in [0.717, 1.165) is 0 Å². The maximum Gasteiger partial charge on any atom is 0.165 e. The molecule has 0 saturated carbocycles. The first-order valence-corrected chi connectivity index (χ1v) is 6.53. The number of aromatic nitrogens is 2. The van der Waals surface area contributed by atoms with E-state index in [1.54, 1.807) is 30.3 Å². The molecule has 0 amide bonds. The van der Waals surface area contributed by atoms with Crippen LogP contribution in [0.1, 0.15) is 0 Å². The molecule has 0 unspecified atom stereocenters. The fraction of sp³-hybridized carbons (Fsp3) is 0.0667. The number of hydrogen-bond donors (Lipinski definition) is 1. The Bertz CT molecular complexity index is 839. The zero-order chi connectivity index (χ0) is 15.0. The first-order valence-electron chi connectivity index (χ1n) is 6.15. The number of hydrogen-bond acceptors (Lipinski definition) is 4. The van der Waals surface area contributed by atoms with Gasteiger partial charge in [0.1, 0.15) is 17.4 Å². The number of benzene rings is 2. The van der Waals surface area contributed by atoms with Crippen molar-refractivity contribution in [1.29, 1.82) is 0 Å². The first kappa shape index (κ1) is 13.6. The summed E-state index contributed by atoms with van der Waals surface area (Å²) in [6, 6.07) is 9.58. The van der Waals surface area contributed by atoms with Crippen molar-refractivity contribution in [3.05, 3.63) is 47.2 Å². The molecule has 0 saturated heterocycles. The quantitative estimate of drug-likeness (QED) is 0.784. The van der Waals surface area contributed by atoms with Crippen molar-refractivity contribution in [3.8, 4) is 17.1 Å². The van der Waals surface area contributed by atoms with Crippen molar-refractivity contribution in [3.63, 3.8) is 0 Å². The lowest BCUT2D eigenvalue weighted by atomic mass is 10.1. The van der Waals surface area contributed by atoms with Gasteiger partial charge in [-0.25, -0.2) is 14.4 Å². The molecule has 0 aliphatic rings. The van der Waals surface area contributed by atoms with E-state index < -0.39 is 5.82 Å². The van der Waals surface area contributed by atoms with Crippen LogP contribution in [-0.2, 0) is 0 Å². The van der Waals surface area contributed by atoms with E-state index >= 15 is 0 Å².